The van der Waals surface area contributed by atoms with Crippen LogP contribution in [0.25, 0.3) is 0 Å². The van der Waals surface area contributed by atoms with Gasteiger partial charge in [-0.1, -0.05) is 0 Å². The summed E-state index contributed by atoms with van der Waals surface area (Å²) in [6.07, 6.45) is 4.12. The zero-order chi connectivity index (χ0) is 17.5. The van der Waals surface area contributed by atoms with Crippen molar-refractivity contribution in [1.29, 1.82) is 0 Å². The molecule has 1 amide bonds. The zero-order valence-electron chi connectivity index (χ0n) is 14.0. The van der Waals surface area contributed by atoms with Crippen LogP contribution in [0.5, 0.6) is 0 Å². The van der Waals surface area contributed by atoms with Crippen molar-refractivity contribution in [3.63, 3.8) is 0 Å². The van der Waals surface area contributed by atoms with E-state index in [4.69, 9.17) is 4.74 Å². The van der Waals surface area contributed by atoms with E-state index in [1.807, 2.05) is 17.8 Å². The smallest absolute Gasteiger partial charge is 0.408 e. The lowest BCUT2D eigenvalue weighted by atomic mass is 10.2. The Kier molecular flexibility index (Phi) is 7.41. The molecule has 1 unspecified atom stereocenters. The van der Waals surface area contributed by atoms with E-state index >= 15 is 0 Å². The largest absolute Gasteiger partial charge is 0.480 e. The number of carboxylic acid groups (broad SMARTS) is 1. The predicted octanol–water partition coefficient (Wildman–Crippen LogP) is 2.06. The van der Waals surface area contributed by atoms with Crippen molar-refractivity contribution in [1.82, 2.24) is 14.9 Å². The standard InChI is InChI=1S/C15H25N3O4S/c1-15(2,3)22-14(21)17-11(13(19)20)5-9-23-10-6-12-16-7-8-18(12)4/h7-8,11H,5-6,9-10H2,1-4H3,(H,17,21)(H,19,20). The first-order chi connectivity index (χ1) is 10.7. The number of aryl methyl sites for hydroxylation is 2. The fourth-order valence-electron chi connectivity index (χ4n) is 1.81. The van der Waals surface area contributed by atoms with Crippen LogP contribution in [-0.2, 0) is 23.0 Å². The van der Waals surface area contributed by atoms with Gasteiger partial charge in [-0.3, -0.25) is 0 Å². The summed E-state index contributed by atoms with van der Waals surface area (Å²) in [6, 6.07) is -0.939. The first-order valence-corrected chi connectivity index (χ1v) is 8.61. The Bertz CT molecular complexity index is 525. The van der Waals surface area contributed by atoms with Crippen molar-refractivity contribution in [2.75, 3.05) is 11.5 Å². The summed E-state index contributed by atoms with van der Waals surface area (Å²) in [6.45, 7) is 5.20. The highest BCUT2D eigenvalue weighted by Gasteiger charge is 2.23. The first-order valence-electron chi connectivity index (χ1n) is 7.45. The zero-order valence-corrected chi connectivity index (χ0v) is 14.9. The van der Waals surface area contributed by atoms with Crippen LogP contribution in [-0.4, -0.2) is 49.9 Å². The molecule has 130 valence electrons. The Morgan fingerprint density at radius 1 is 1.43 bits per heavy atom. The van der Waals surface area contributed by atoms with Gasteiger partial charge in [0, 0.05) is 31.6 Å². The van der Waals surface area contributed by atoms with Gasteiger partial charge in [0.25, 0.3) is 0 Å². The monoisotopic (exact) mass is 343 g/mol. The fraction of sp³-hybridized carbons (Fsp3) is 0.667. The van der Waals surface area contributed by atoms with Crippen LogP contribution in [0, 0.1) is 0 Å². The van der Waals surface area contributed by atoms with Crippen LogP contribution in [0.3, 0.4) is 0 Å². The Labute approximate surface area is 140 Å². The van der Waals surface area contributed by atoms with Gasteiger partial charge in [-0.15, -0.1) is 0 Å². The van der Waals surface area contributed by atoms with Crippen molar-refractivity contribution in [2.45, 2.75) is 45.3 Å². The van der Waals surface area contributed by atoms with Crippen molar-refractivity contribution in [3.05, 3.63) is 18.2 Å². The topological polar surface area (TPSA) is 93.5 Å². The van der Waals surface area contributed by atoms with Gasteiger partial charge >= 0.3 is 12.1 Å². The molecule has 1 rings (SSSR count). The molecule has 1 heterocycles. The second-order valence-corrected chi connectivity index (χ2v) is 7.37. The predicted molar refractivity (Wildman–Crippen MR) is 89.6 cm³/mol. The summed E-state index contributed by atoms with van der Waals surface area (Å²) in [5.74, 6) is 1.43. The third-order valence-corrected chi connectivity index (χ3v) is 3.95. The minimum Gasteiger partial charge on any atom is -0.480 e. The van der Waals surface area contributed by atoms with Gasteiger partial charge in [-0.2, -0.15) is 11.8 Å². The van der Waals surface area contributed by atoms with E-state index in [1.165, 1.54) is 0 Å². The third kappa shape index (κ3) is 7.92. The number of rotatable bonds is 8. The molecule has 23 heavy (non-hydrogen) atoms. The minimum absolute atomic E-state index is 0.347. The molecule has 0 fully saturated rings. The molecule has 1 atom stereocenters. The molecule has 0 radical (unpaired) electrons. The van der Waals surface area contributed by atoms with Crippen LogP contribution in [0.2, 0.25) is 0 Å². The Morgan fingerprint density at radius 3 is 2.65 bits per heavy atom. The van der Waals surface area contributed by atoms with Crippen LogP contribution >= 0.6 is 11.8 Å². The minimum atomic E-state index is -1.06. The van der Waals surface area contributed by atoms with E-state index in [0.717, 1.165) is 18.0 Å². The average Bonchev–Trinajstić information content (AvgIpc) is 2.80. The molecule has 0 aromatic carbocycles. The molecule has 0 spiro atoms. The molecule has 0 saturated carbocycles. The molecular weight excluding hydrogens is 318 g/mol. The molecule has 8 heteroatoms. The average molecular weight is 343 g/mol. The molecule has 0 bridgehead atoms. The number of alkyl carbamates (subject to hydrolysis) is 1. The lowest BCUT2D eigenvalue weighted by Crippen LogP contribution is -2.43. The molecule has 1 aromatic rings. The Morgan fingerprint density at radius 2 is 2.13 bits per heavy atom. The Balaban J connectivity index is 2.29. The molecule has 0 aliphatic carbocycles. The van der Waals surface area contributed by atoms with Gasteiger partial charge in [-0.05, 0) is 32.9 Å². The summed E-state index contributed by atoms with van der Waals surface area (Å²) in [7, 11) is 1.94. The van der Waals surface area contributed by atoms with Crippen molar-refractivity contribution in [2.24, 2.45) is 7.05 Å². The number of aliphatic carboxylic acids is 1. The molecule has 0 aliphatic heterocycles. The van der Waals surface area contributed by atoms with Gasteiger partial charge in [0.15, 0.2) is 0 Å². The van der Waals surface area contributed by atoms with E-state index in [0.29, 0.717) is 12.2 Å². The molecule has 2 N–H and O–H groups in total. The third-order valence-electron chi connectivity index (χ3n) is 2.93. The van der Waals surface area contributed by atoms with Gasteiger partial charge in [0.05, 0.1) is 0 Å². The number of carbonyl (C=O) groups is 2. The second kappa shape index (κ2) is 8.81. The van der Waals surface area contributed by atoms with Crippen LogP contribution in [0.1, 0.15) is 33.0 Å². The van der Waals surface area contributed by atoms with E-state index in [1.54, 1.807) is 38.7 Å². The maximum atomic E-state index is 11.6. The van der Waals surface area contributed by atoms with E-state index in [9.17, 15) is 14.7 Å². The van der Waals surface area contributed by atoms with Crippen LogP contribution in [0.4, 0.5) is 4.79 Å². The van der Waals surface area contributed by atoms with Gasteiger partial charge in [0.2, 0.25) is 0 Å². The van der Waals surface area contributed by atoms with Gasteiger partial charge in [-0.25, -0.2) is 14.6 Å². The van der Waals surface area contributed by atoms with Crippen LogP contribution in [0.15, 0.2) is 12.4 Å². The number of ether oxygens (including phenoxy) is 1. The molecule has 1 aromatic heterocycles. The summed E-state index contributed by atoms with van der Waals surface area (Å²) in [4.78, 5) is 27.1. The number of carboxylic acids is 1. The number of amides is 1. The summed E-state index contributed by atoms with van der Waals surface area (Å²) in [5.41, 5.74) is -0.649. The summed E-state index contributed by atoms with van der Waals surface area (Å²) < 4.78 is 7.04. The maximum Gasteiger partial charge on any atom is 0.408 e. The number of nitrogens with one attached hydrogen (secondary N) is 1. The first kappa shape index (κ1) is 19.3. The normalized spacial score (nSPS) is 12.7. The molecule has 0 aliphatic rings. The number of hydrogen-bond donors (Lipinski definition) is 2. The fourth-order valence-corrected chi connectivity index (χ4v) is 2.74. The van der Waals surface area contributed by atoms with Crippen molar-refractivity contribution >= 4 is 23.8 Å². The number of aromatic nitrogens is 2. The SMILES string of the molecule is Cn1ccnc1CCSCCC(NC(=O)OC(C)(C)C)C(=O)O. The van der Waals surface area contributed by atoms with E-state index in [-0.39, 0.29) is 0 Å². The van der Waals surface area contributed by atoms with Crippen molar-refractivity contribution in [3.8, 4) is 0 Å². The highest BCUT2D eigenvalue weighted by atomic mass is 32.2. The van der Waals surface area contributed by atoms with Gasteiger partial charge in [0.1, 0.15) is 17.5 Å². The number of carbonyl (C=O) groups excluding carboxylic acids is 1. The van der Waals surface area contributed by atoms with Gasteiger partial charge < -0.3 is 19.7 Å². The highest BCUT2D eigenvalue weighted by molar-refractivity contribution is 7.99. The van der Waals surface area contributed by atoms with E-state index in [2.05, 4.69) is 10.3 Å². The highest BCUT2D eigenvalue weighted by Crippen LogP contribution is 2.10. The van der Waals surface area contributed by atoms with Crippen molar-refractivity contribution < 1.29 is 19.4 Å². The summed E-state index contributed by atoms with van der Waals surface area (Å²) >= 11 is 1.64. The Hall–Kier alpha value is -1.70. The lowest BCUT2D eigenvalue weighted by molar-refractivity contribution is -0.139. The number of hydrogen-bond acceptors (Lipinski definition) is 5. The van der Waals surface area contributed by atoms with Crippen LogP contribution < -0.4 is 5.32 Å². The number of nitrogens with zero attached hydrogens (tertiary/aromatic N) is 2. The summed E-state index contributed by atoms with van der Waals surface area (Å²) in [5, 5.41) is 11.6. The quantitative estimate of drug-likeness (QED) is 0.702. The molecule has 0 saturated heterocycles. The molecule has 7 nitrogen and oxygen atoms in total. The van der Waals surface area contributed by atoms with E-state index < -0.39 is 23.7 Å². The maximum absolute atomic E-state index is 11.6. The lowest BCUT2D eigenvalue weighted by Gasteiger charge is -2.21. The second-order valence-electron chi connectivity index (χ2n) is 6.14. The number of imidazole rings is 1. The number of thioether (sulfide) groups is 1. The molecular formula is C15H25N3O4S.